The van der Waals surface area contributed by atoms with Gasteiger partial charge in [0.1, 0.15) is 23.1 Å². The molecule has 1 aliphatic heterocycles. The molecule has 0 saturated carbocycles. The Morgan fingerprint density at radius 3 is 3.04 bits per heavy atom. The highest BCUT2D eigenvalue weighted by Crippen LogP contribution is 2.33. The predicted molar refractivity (Wildman–Crippen MR) is 95.8 cm³/mol. The maximum absolute atomic E-state index is 5.76. The molecule has 7 nitrogen and oxygen atoms in total. The molecule has 7 heteroatoms. The Morgan fingerprint density at radius 2 is 2.19 bits per heavy atom. The summed E-state index contributed by atoms with van der Waals surface area (Å²) in [5, 5.41) is 4.06. The van der Waals surface area contributed by atoms with Gasteiger partial charge in [0.05, 0.1) is 35.4 Å². The van der Waals surface area contributed by atoms with Crippen LogP contribution in [-0.2, 0) is 11.2 Å². The molecule has 1 unspecified atom stereocenters. The minimum atomic E-state index is 0.229. The molecular weight excluding hydrogens is 330 g/mol. The van der Waals surface area contributed by atoms with Gasteiger partial charge in [-0.1, -0.05) is 5.16 Å². The van der Waals surface area contributed by atoms with E-state index in [0.29, 0.717) is 12.5 Å². The molecule has 0 radical (unpaired) electrons. The Labute approximate surface area is 150 Å². The van der Waals surface area contributed by atoms with E-state index in [9.17, 15) is 0 Å². The van der Waals surface area contributed by atoms with Gasteiger partial charge in [0.2, 0.25) is 0 Å². The van der Waals surface area contributed by atoms with E-state index < -0.39 is 0 Å². The van der Waals surface area contributed by atoms with Crippen LogP contribution in [-0.4, -0.2) is 37.4 Å². The number of hydrogen-bond acceptors (Lipinski definition) is 6. The van der Waals surface area contributed by atoms with E-state index in [4.69, 9.17) is 14.2 Å². The van der Waals surface area contributed by atoms with Gasteiger partial charge >= 0.3 is 0 Å². The van der Waals surface area contributed by atoms with Gasteiger partial charge in [0, 0.05) is 24.9 Å². The fourth-order valence-electron chi connectivity index (χ4n) is 3.86. The SMILES string of the molecule is C[C@@H]1CC(n2c(Cc3ccon3)nc3cnc4cccnc4c32)CCO1. The van der Waals surface area contributed by atoms with Crippen LogP contribution in [0.25, 0.3) is 22.1 Å². The van der Waals surface area contributed by atoms with Crippen molar-refractivity contribution in [1.29, 1.82) is 0 Å². The van der Waals surface area contributed by atoms with Crippen molar-refractivity contribution in [2.75, 3.05) is 6.61 Å². The Hall–Kier alpha value is -2.80. The normalized spacial score (nSPS) is 20.8. The van der Waals surface area contributed by atoms with Crippen molar-refractivity contribution in [3.8, 4) is 0 Å². The fourth-order valence-corrected chi connectivity index (χ4v) is 3.86. The molecule has 5 rings (SSSR count). The summed E-state index contributed by atoms with van der Waals surface area (Å²) in [7, 11) is 0. The smallest absolute Gasteiger partial charge is 0.124 e. The zero-order chi connectivity index (χ0) is 17.5. The quantitative estimate of drug-likeness (QED) is 0.565. The summed E-state index contributed by atoms with van der Waals surface area (Å²) >= 11 is 0. The Morgan fingerprint density at radius 1 is 1.23 bits per heavy atom. The molecule has 0 amide bonds. The van der Waals surface area contributed by atoms with Gasteiger partial charge in [-0.15, -0.1) is 0 Å². The monoisotopic (exact) mass is 349 g/mol. The molecule has 1 aliphatic rings. The zero-order valence-corrected chi connectivity index (χ0v) is 14.5. The number of ether oxygens (including phenoxy) is 1. The molecule has 4 aromatic rings. The summed E-state index contributed by atoms with van der Waals surface area (Å²) in [6.45, 7) is 2.88. The number of pyridine rings is 2. The standard InChI is InChI=1S/C19H19N5O2/c1-12-9-14(5-7-25-12)24-17(10-13-4-8-26-23-13)22-16-11-21-15-3-2-6-20-18(15)19(16)24/h2-4,6,8,11-12,14H,5,7,9-10H2,1H3/t12-,14?/m1/s1. The summed E-state index contributed by atoms with van der Waals surface area (Å²) in [6.07, 6.45) is 8.00. The maximum Gasteiger partial charge on any atom is 0.124 e. The molecule has 132 valence electrons. The number of imidazole rings is 1. The van der Waals surface area contributed by atoms with Gasteiger partial charge in [-0.3, -0.25) is 9.97 Å². The van der Waals surface area contributed by atoms with Gasteiger partial charge < -0.3 is 13.8 Å². The zero-order valence-electron chi connectivity index (χ0n) is 14.5. The van der Waals surface area contributed by atoms with E-state index in [1.165, 1.54) is 0 Å². The average Bonchev–Trinajstić information content (AvgIpc) is 3.29. The van der Waals surface area contributed by atoms with Crippen molar-refractivity contribution in [2.24, 2.45) is 0 Å². The van der Waals surface area contributed by atoms with E-state index in [2.05, 4.69) is 26.6 Å². The third-order valence-corrected chi connectivity index (χ3v) is 5.00. The molecule has 1 fully saturated rings. The number of rotatable bonds is 3. The van der Waals surface area contributed by atoms with Crippen molar-refractivity contribution in [3.05, 3.63) is 48.4 Å². The van der Waals surface area contributed by atoms with E-state index in [0.717, 1.165) is 53.0 Å². The van der Waals surface area contributed by atoms with Crippen LogP contribution >= 0.6 is 0 Å². The van der Waals surface area contributed by atoms with Gasteiger partial charge in [0.25, 0.3) is 0 Å². The minimum Gasteiger partial charge on any atom is -0.378 e. The minimum absolute atomic E-state index is 0.229. The third kappa shape index (κ3) is 2.55. The maximum atomic E-state index is 5.76. The first-order valence-electron chi connectivity index (χ1n) is 8.91. The van der Waals surface area contributed by atoms with Crippen molar-refractivity contribution in [2.45, 2.75) is 38.3 Å². The van der Waals surface area contributed by atoms with Crippen LogP contribution in [0.3, 0.4) is 0 Å². The first kappa shape index (κ1) is 15.5. The molecular formula is C19H19N5O2. The summed E-state index contributed by atoms with van der Waals surface area (Å²) < 4.78 is 13.1. The lowest BCUT2D eigenvalue weighted by molar-refractivity contribution is 0.00630. The van der Waals surface area contributed by atoms with Crippen LogP contribution in [0, 0.1) is 0 Å². The molecule has 5 heterocycles. The molecule has 4 aromatic heterocycles. The summed E-state index contributed by atoms with van der Waals surface area (Å²) in [5.74, 6) is 0.966. The van der Waals surface area contributed by atoms with E-state index >= 15 is 0 Å². The van der Waals surface area contributed by atoms with Gasteiger partial charge in [0.15, 0.2) is 0 Å². The largest absolute Gasteiger partial charge is 0.378 e. The van der Waals surface area contributed by atoms with Crippen LogP contribution in [0.1, 0.15) is 37.3 Å². The van der Waals surface area contributed by atoms with Crippen LogP contribution in [0.5, 0.6) is 0 Å². The second-order valence-electron chi connectivity index (χ2n) is 6.79. The Balaban J connectivity index is 1.74. The molecule has 1 saturated heterocycles. The lowest BCUT2D eigenvalue weighted by Crippen LogP contribution is -2.26. The molecule has 0 spiro atoms. The van der Waals surface area contributed by atoms with Crippen molar-refractivity contribution in [1.82, 2.24) is 24.7 Å². The van der Waals surface area contributed by atoms with Crippen molar-refractivity contribution < 1.29 is 9.26 Å². The number of aromatic nitrogens is 5. The summed E-state index contributed by atoms with van der Waals surface area (Å²) in [6, 6.07) is 6.10. The molecule has 0 bridgehead atoms. The summed E-state index contributed by atoms with van der Waals surface area (Å²) in [4.78, 5) is 14.0. The molecule has 0 aliphatic carbocycles. The van der Waals surface area contributed by atoms with Gasteiger partial charge in [-0.25, -0.2) is 4.98 Å². The molecule has 0 N–H and O–H groups in total. The highest BCUT2D eigenvalue weighted by molar-refractivity contribution is 5.99. The lowest BCUT2D eigenvalue weighted by Gasteiger charge is -2.30. The Kier molecular flexibility index (Phi) is 3.67. The predicted octanol–water partition coefficient (Wildman–Crippen LogP) is 3.30. The fraction of sp³-hybridized carbons (Fsp3) is 0.368. The number of fused-ring (bicyclic) bond motifs is 3. The highest BCUT2D eigenvalue weighted by atomic mass is 16.5. The van der Waals surface area contributed by atoms with E-state index in [-0.39, 0.29) is 6.10 Å². The molecule has 26 heavy (non-hydrogen) atoms. The second kappa shape index (κ2) is 6.17. The molecule has 0 aromatic carbocycles. The van der Waals surface area contributed by atoms with E-state index in [1.807, 2.05) is 30.6 Å². The number of hydrogen-bond donors (Lipinski definition) is 0. The molecule has 2 atom stereocenters. The van der Waals surface area contributed by atoms with Crippen molar-refractivity contribution >= 4 is 22.1 Å². The Bertz CT molecular complexity index is 1060. The van der Waals surface area contributed by atoms with E-state index in [1.54, 1.807) is 6.26 Å². The summed E-state index contributed by atoms with van der Waals surface area (Å²) in [5.41, 5.74) is 4.56. The third-order valence-electron chi connectivity index (χ3n) is 5.00. The van der Waals surface area contributed by atoms with Gasteiger partial charge in [-0.2, -0.15) is 0 Å². The van der Waals surface area contributed by atoms with Gasteiger partial charge in [-0.05, 0) is 31.9 Å². The average molecular weight is 349 g/mol. The first-order chi connectivity index (χ1) is 12.8. The van der Waals surface area contributed by atoms with Crippen LogP contribution in [0.4, 0.5) is 0 Å². The number of nitrogens with zero attached hydrogens (tertiary/aromatic N) is 5. The highest BCUT2D eigenvalue weighted by Gasteiger charge is 2.26. The van der Waals surface area contributed by atoms with Crippen LogP contribution in [0.2, 0.25) is 0 Å². The topological polar surface area (TPSA) is 78.9 Å². The van der Waals surface area contributed by atoms with Crippen LogP contribution < -0.4 is 0 Å². The lowest BCUT2D eigenvalue weighted by atomic mass is 10.0. The van der Waals surface area contributed by atoms with Crippen LogP contribution in [0.15, 0.2) is 41.4 Å². The second-order valence-corrected chi connectivity index (χ2v) is 6.79. The van der Waals surface area contributed by atoms with Crippen molar-refractivity contribution in [3.63, 3.8) is 0 Å². The first-order valence-corrected chi connectivity index (χ1v) is 8.91.